The van der Waals surface area contributed by atoms with Gasteiger partial charge in [-0.25, -0.2) is 13.1 Å². The normalized spacial score (nSPS) is 10.8. The van der Waals surface area contributed by atoms with Crippen molar-refractivity contribution in [2.45, 2.75) is 11.4 Å². The average Bonchev–Trinajstić information content (AvgIpc) is 2.92. The Hall–Kier alpha value is -1.65. The smallest absolute Gasteiger partial charge is 0.240 e. The maximum absolute atomic E-state index is 12.0. The average molecular weight is 307 g/mol. The Balaban J connectivity index is 2.03. The van der Waals surface area contributed by atoms with Crippen LogP contribution < -0.4 is 4.72 Å². The van der Waals surface area contributed by atoms with Crippen molar-refractivity contribution in [1.82, 2.24) is 4.72 Å². The first-order valence-corrected chi connectivity index (χ1v) is 8.15. The Morgan fingerprint density at radius 1 is 1.15 bits per heavy atom. The van der Waals surface area contributed by atoms with Crippen molar-refractivity contribution in [2.75, 3.05) is 6.61 Å². The Labute approximate surface area is 122 Å². The first-order chi connectivity index (χ1) is 9.62. The summed E-state index contributed by atoms with van der Waals surface area (Å²) in [5.74, 6) is 5.34. The lowest BCUT2D eigenvalue weighted by Crippen LogP contribution is -2.22. The van der Waals surface area contributed by atoms with E-state index in [0.29, 0.717) is 0 Å². The molecule has 4 nitrogen and oxygen atoms in total. The molecule has 2 N–H and O–H groups in total. The van der Waals surface area contributed by atoms with E-state index in [1.807, 2.05) is 6.07 Å². The van der Waals surface area contributed by atoms with E-state index in [-0.39, 0.29) is 18.0 Å². The molecule has 0 aliphatic carbocycles. The third-order valence-corrected chi connectivity index (χ3v) is 4.86. The lowest BCUT2D eigenvalue weighted by Gasteiger charge is -2.04. The summed E-state index contributed by atoms with van der Waals surface area (Å²) in [7, 11) is -3.49. The lowest BCUT2D eigenvalue weighted by molar-refractivity contribution is 0.350. The van der Waals surface area contributed by atoms with Crippen LogP contribution in [0.5, 0.6) is 0 Å². The summed E-state index contributed by atoms with van der Waals surface area (Å²) in [6.07, 6.45) is 0. The number of nitrogens with one attached hydrogen (secondary N) is 1. The highest BCUT2D eigenvalue weighted by atomic mass is 32.2. The fraction of sp³-hybridized carbons (Fsp3) is 0.143. The topological polar surface area (TPSA) is 66.4 Å². The van der Waals surface area contributed by atoms with E-state index in [2.05, 4.69) is 16.6 Å². The van der Waals surface area contributed by atoms with Gasteiger partial charge in [-0.3, -0.25) is 0 Å². The molecule has 2 rings (SSSR count). The standard InChI is InChI=1S/C14H13NO3S2/c16-10-4-5-12-8-9-13(19-12)11-15-20(17,18)14-6-2-1-3-7-14/h1-3,6-9,15-16H,10-11H2. The minimum absolute atomic E-state index is 0.187. The molecule has 0 atom stereocenters. The summed E-state index contributed by atoms with van der Waals surface area (Å²) in [5, 5.41) is 8.61. The van der Waals surface area contributed by atoms with Crippen LogP contribution in [0.25, 0.3) is 0 Å². The highest BCUT2D eigenvalue weighted by molar-refractivity contribution is 7.89. The molecule has 0 bridgehead atoms. The quantitative estimate of drug-likeness (QED) is 0.843. The molecule has 1 heterocycles. The second-order valence-corrected chi connectivity index (χ2v) is 6.80. The molecule has 0 amide bonds. The van der Waals surface area contributed by atoms with Crippen LogP contribution in [-0.2, 0) is 16.6 Å². The number of hydrogen-bond donors (Lipinski definition) is 2. The maximum atomic E-state index is 12.0. The van der Waals surface area contributed by atoms with Gasteiger partial charge < -0.3 is 5.11 Å². The molecule has 1 aromatic carbocycles. The highest BCUT2D eigenvalue weighted by Gasteiger charge is 2.13. The van der Waals surface area contributed by atoms with Crippen LogP contribution in [0.15, 0.2) is 47.4 Å². The third-order valence-electron chi connectivity index (χ3n) is 2.44. The second kappa shape index (κ2) is 6.68. The number of thiophene rings is 1. The van der Waals surface area contributed by atoms with Gasteiger partial charge >= 0.3 is 0 Å². The molecule has 2 aromatic rings. The van der Waals surface area contributed by atoms with Crippen LogP contribution in [0, 0.1) is 11.8 Å². The second-order valence-electron chi connectivity index (χ2n) is 3.86. The van der Waals surface area contributed by atoms with E-state index in [4.69, 9.17) is 5.11 Å². The van der Waals surface area contributed by atoms with E-state index >= 15 is 0 Å². The van der Waals surface area contributed by atoms with Gasteiger partial charge in [0.05, 0.1) is 9.77 Å². The van der Waals surface area contributed by atoms with Crippen LogP contribution in [0.2, 0.25) is 0 Å². The van der Waals surface area contributed by atoms with E-state index in [1.165, 1.54) is 11.3 Å². The zero-order valence-electron chi connectivity index (χ0n) is 10.5. The van der Waals surface area contributed by atoms with Crippen LogP contribution in [0.3, 0.4) is 0 Å². The Kier molecular flexibility index (Phi) is 4.93. The largest absolute Gasteiger partial charge is 0.384 e. The molecule has 0 unspecified atom stereocenters. The number of hydrogen-bond acceptors (Lipinski definition) is 4. The van der Waals surface area contributed by atoms with Gasteiger partial charge in [0.25, 0.3) is 0 Å². The predicted octanol–water partition coefficient (Wildman–Crippen LogP) is 1.57. The first-order valence-electron chi connectivity index (χ1n) is 5.85. The fourth-order valence-electron chi connectivity index (χ4n) is 1.52. The molecule has 0 saturated carbocycles. The molecule has 0 fully saturated rings. The van der Waals surface area contributed by atoms with Crippen LogP contribution in [0.4, 0.5) is 0 Å². The summed E-state index contributed by atoms with van der Waals surface area (Å²) in [5.41, 5.74) is 0. The molecule has 104 valence electrons. The van der Waals surface area contributed by atoms with Crippen LogP contribution in [0.1, 0.15) is 9.75 Å². The summed E-state index contributed by atoms with van der Waals surface area (Å²) < 4.78 is 26.6. The zero-order valence-corrected chi connectivity index (χ0v) is 12.2. The number of rotatable bonds is 4. The number of aliphatic hydroxyl groups excluding tert-OH is 1. The van der Waals surface area contributed by atoms with Crippen molar-refractivity contribution in [1.29, 1.82) is 0 Å². The van der Waals surface area contributed by atoms with E-state index in [1.54, 1.807) is 36.4 Å². The maximum Gasteiger partial charge on any atom is 0.240 e. The molecular formula is C14H13NO3S2. The monoisotopic (exact) mass is 307 g/mol. The number of benzene rings is 1. The molecule has 0 saturated heterocycles. The molecule has 20 heavy (non-hydrogen) atoms. The van der Waals surface area contributed by atoms with Crippen molar-refractivity contribution in [3.63, 3.8) is 0 Å². The van der Waals surface area contributed by atoms with Crippen LogP contribution >= 0.6 is 11.3 Å². The van der Waals surface area contributed by atoms with Gasteiger partial charge in [0.2, 0.25) is 10.0 Å². The van der Waals surface area contributed by atoms with Gasteiger partial charge in [0, 0.05) is 11.4 Å². The van der Waals surface area contributed by atoms with E-state index < -0.39 is 10.0 Å². The molecule has 0 spiro atoms. The molecule has 0 aliphatic rings. The number of sulfonamides is 1. The Bertz CT molecular complexity index is 725. The first kappa shape index (κ1) is 14.8. The molecule has 1 aromatic heterocycles. The van der Waals surface area contributed by atoms with E-state index in [0.717, 1.165) is 9.75 Å². The summed E-state index contributed by atoms with van der Waals surface area (Å²) in [6.45, 7) is 0.0383. The summed E-state index contributed by atoms with van der Waals surface area (Å²) in [6, 6.07) is 11.9. The summed E-state index contributed by atoms with van der Waals surface area (Å²) in [4.78, 5) is 1.91. The Morgan fingerprint density at radius 2 is 1.90 bits per heavy atom. The summed E-state index contributed by atoms with van der Waals surface area (Å²) >= 11 is 1.40. The van der Waals surface area contributed by atoms with Crippen molar-refractivity contribution in [2.24, 2.45) is 0 Å². The van der Waals surface area contributed by atoms with Gasteiger partial charge in [-0.1, -0.05) is 30.0 Å². The number of aliphatic hydroxyl groups is 1. The minimum atomic E-state index is -3.49. The van der Waals surface area contributed by atoms with Gasteiger partial charge in [-0.2, -0.15) is 0 Å². The van der Waals surface area contributed by atoms with Gasteiger partial charge in [-0.15, -0.1) is 11.3 Å². The highest BCUT2D eigenvalue weighted by Crippen LogP contribution is 2.16. The van der Waals surface area contributed by atoms with Crippen molar-refractivity contribution in [3.8, 4) is 11.8 Å². The Morgan fingerprint density at radius 3 is 2.60 bits per heavy atom. The fourth-order valence-corrected chi connectivity index (χ4v) is 3.46. The van der Waals surface area contributed by atoms with Crippen molar-refractivity contribution in [3.05, 3.63) is 52.2 Å². The molecule has 0 aliphatic heterocycles. The lowest BCUT2D eigenvalue weighted by atomic mass is 10.4. The van der Waals surface area contributed by atoms with Gasteiger partial charge in [-0.05, 0) is 24.3 Å². The van der Waals surface area contributed by atoms with Crippen molar-refractivity contribution >= 4 is 21.4 Å². The van der Waals surface area contributed by atoms with E-state index in [9.17, 15) is 8.42 Å². The predicted molar refractivity (Wildman–Crippen MR) is 78.8 cm³/mol. The van der Waals surface area contributed by atoms with Gasteiger partial charge in [0.15, 0.2) is 0 Å². The zero-order chi connectivity index (χ0) is 14.4. The van der Waals surface area contributed by atoms with Crippen LogP contribution in [-0.4, -0.2) is 20.1 Å². The molecular weight excluding hydrogens is 294 g/mol. The van der Waals surface area contributed by atoms with Gasteiger partial charge in [0.1, 0.15) is 6.61 Å². The molecule has 0 radical (unpaired) electrons. The van der Waals surface area contributed by atoms with Crippen molar-refractivity contribution < 1.29 is 13.5 Å². The minimum Gasteiger partial charge on any atom is -0.384 e. The SMILES string of the molecule is O=S(=O)(NCc1ccc(C#CCO)s1)c1ccccc1. The molecule has 6 heteroatoms. The third kappa shape index (κ3) is 3.92.